The molecule has 1 aromatic carbocycles. The molecule has 1 aromatic rings. The molecule has 0 amide bonds. The summed E-state index contributed by atoms with van der Waals surface area (Å²) < 4.78 is 25.6. The van der Waals surface area contributed by atoms with Crippen LogP contribution in [0.2, 0.25) is 5.02 Å². The molecule has 0 saturated carbocycles. The monoisotopic (exact) mass is 258 g/mol. The average molecular weight is 259 g/mol. The van der Waals surface area contributed by atoms with Crippen molar-refractivity contribution in [1.82, 2.24) is 0 Å². The lowest BCUT2D eigenvalue weighted by atomic mass is 10.2. The maximum atomic E-state index is 11.6. The van der Waals surface area contributed by atoms with Crippen molar-refractivity contribution in [2.75, 3.05) is 4.72 Å². The van der Waals surface area contributed by atoms with Crippen LogP contribution in [0.25, 0.3) is 0 Å². The topological polar surface area (TPSA) is 70.0 Å². The van der Waals surface area contributed by atoms with Crippen LogP contribution in [0.1, 0.15) is 12.5 Å². The third-order valence-electron chi connectivity index (χ3n) is 2.10. The van der Waals surface area contributed by atoms with Crippen LogP contribution in [-0.4, -0.2) is 13.7 Å². The highest BCUT2D eigenvalue weighted by molar-refractivity contribution is 7.93. The fraction of sp³-hybridized carbons (Fsp3) is 0.300. The van der Waals surface area contributed by atoms with Crippen molar-refractivity contribution in [2.24, 2.45) is 0 Å². The van der Waals surface area contributed by atoms with Gasteiger partial charge in [0.25, 0.3) is 0 Å². The minimum Gasteiger partial charge on any atom is -0.282 e. The van der Waals surface area contributed by atoms with Crippen LogP contribution in [0.3, 0.4) is 0 Å². The molecule has 4 nitrogen and oxygen atoms in total. The number of anilines is 1. The van der Waals surface area contributed by atoms with E-state index in [9.17, 15) is 8.42 Å². The van der Waals surface area contributed by atoms with E-state index >= 15 is 0 Å². The van der Waals surface area contributed by atoms with Crippen LogP contribution in [0.15, 0.2) is 18.2 Å². The van der Waals surface area contributed by atoms with Gasteiger partial charge in [0.15, 0.2) is 5.25 Å². The van der Waals surface area contributed by atoms with E-state index < -0.39 is 15.3 Å². The number of rotatable bonds is 3. The van der Waals surface area contributed by atoms with Crippen LogP contribution in [0.4, 0.5) is 5.69 Å². The molecular formula is C10H11ClN2O2S. The van der Waals surface area contributed by atoms with Gasteiger partial charge in [0, 0.05) is 5.02 Å². The summed E-state index contributed by atoms with van der Waals surface area (Å²) in [7, 11) is -3.67. The summed E-state index contributed by atoms with van der Waals surface area (Å²) in [6.07, 6.45) is 0. The first-order chi connectivity index (χ1) is 7.36. The van der Waals surface area contributed by atoms with Crippen LogP contribution >= 0.6 is 11.6 Å². The van der Waals surface area contributed by atoms with Crippen molar-refractivity contribution in [3.63, 3.8) is 0 Å². The fourth-order valence-corrected chi connectivity index (χ4v) is 2.03. The molecule has 1 N–H and O–H groups in total. The van der Waals surface area contributed by atoms with Gasteiger partial charge in [0.05, 0.1) is 11.8 Å². The molecule has 6 heteroatoms. The van der Waals surface area contributed by atoms with E-state index in [2.05, 4.69) is 4.72 Å². The maximum Gasteiger partial charge on any atom is 0.248 e. The SMILES string of the molecule is Cc1ccc(Cl)cc1NS(=O)(=O)C(C)C#N. The highest BCUT2D eigenvalue weighted by Crippen LogP contribution is 2.21. The number of aryl methyl sites for hydroxylation is 1. The molecule has 1 unspecified atom stereocenters. The molecule has 86 valence electrons. The Morgan fingerprint density at radius 2 is 2.12 bits per heavy atom. The van der Waals surface area contributed by atoms with E-state index in [-0.39, 0.29) is 0 Å². The predicted molar refractivity (Wildman–Crippen MR) is 63.8 cm³/mol. The lowest BCUT2D eigenvalue weighted by Crippen LogP contribution is -2.24. The van der Waals surface area contributed by atoms with E-state index in [0.29, 0.717) is 10.7 Å². The molecule has 1 rings (SSSR count). The molecule has 0 fully saturated rings. The van der Waals surface area contributed by atoms with E-state index in [1.54, 1.807) is 25.1 Å². The average Bonchev–Trinajstić information content (AvgIpc) is 2.22. The zero-order valence-electron chi connectivity index (χ0n) is 8.86. The summed E-state index contributed by atoms with van der Waals surface area (Å²) >= 11 is 5.76. The number of benzene rings is 1. The van der Waals surface area contributed by atoms with Crippen molar-refractivity contribution in [1.29, 1.82) is 5.26 Å². The highest BCUT2D eigenvalue weighted by atomic mass is 35.5. The quantitative estimate of drug-likeness (QED) is 0.904. The van der Waals surface area contributed by atoms with Gasteiger partial charge in [0.1, 0.15) is 0 Å². The first-order valence-corrected chi connectivity index (χ1v) is 6.46. The Labute approximate surface area is 99.9 Å². The molecule has 0 aliphatic heterocycles. The third kappa shape index (κ3) is 2.87. The zero-order chi connectivity index (χ0) is 12.3. The Hall–Kier alpha value is -1.25. The van der Waals surface area contributed by atoms with Gasteiger partial charge in [-0.05, 0) is 31.5 Å². The van der Waals surface area contributed by atoms with E-state index in [1.807, 2.05) is 0 Å². The van der Waals surface area contributed by atoms with Gasteiger partial charge in [-0.1, -0.05) is 17.7 Å². The second-order valence-electron chi connectivity index (χ2n) is 3.38. The Bertz CT molecular complexity index is 534. The van der Waals surface area contributed by atoms with Crippen LogP contribution < -0.4 is 4.72 Å². The molecular weight excluding hydrogens is 248 g/mol. The predicted octanol–water partition coefficient (Wildman–Crippen LogP) is 2.30. The summed E-state index contributed by atoms with van der Waals surface area (Å²) in [6.45, 7) is 3.08. The largest absolute Gasteiger partial charge is 0.282 e. The van der Waals surface area contributed by atoms with Gasteiger partial charge in [-0.15, -0.1) is 0 Å². The molecule has 0 saturated heterocycles. The van der Waals surface area contributed by atoms with Gasteiger partial charge in [-0.25, -0.2) is 8.42 Å². The maximum absolute atomic E-state index is 11.6. The molecule has 0 heterocycles. The normalized spacial score (nSPS) is 12.9. The Balaban J connectivity index is 3.07. The van der Waals surface area contributed by atoms with Crippen LogP contribution in [0.5, 0.6) is 0 Å². The molecule has 1 atom stereocenters. The number of nitrogens with one attached hydrogen (secondary N) is 1. The summed E-state index contributed by atoms with van der Waals surface area (Å²) in [5.74, 6) is 0. The Kier molecular flexibility index (Phi) is 3.79. The number of halogens is 1. The van der Waals surface area contributed by atoms with Gasteiger partial charge in [-0.3, -0.25) is 4.72 Å². The first-order valence-electron chi connectivity index (χ1n) is 4.54. The second kappa shape index (κ2) is 4.73. The van der Waals surface area contributed by atoms with Crippen molar-refractivity contribution in [2.45, 2.75) is 19.1 Å². The highest BCUT2D eigenvalue weighted by Gasteiger charge is 2.20. The zero-order valence-corrected chi connectivity index (χ0v) is 10.4. The summed E-state index contributed by atoms with van der Waals surface area (Å²) in [5, 5.41) is 7.91. The number of nitriles is 1. The molecule has 0 aliphatic carbocycles. The minimum absolute atomic E-state index is 0.398. The summed E-state index contributed by atoms with van der Waals surface area (Å²) in [5.41, 5.74) is 1.15. The molecule has 0 bridgehead atoms. The molecule has 0 aliphatic rings. The van der Waals surface area contributed by atoms with E-state index in [4.69, 9.17) is 16.9 Å². The smallest absolute Gasteiger partial charge is 0.248 e. The minimum atomic E-state index is -3.67. The van der Waals surface area contributed by atoms with Crippen LogP contribution in [0, 0.1) is 18.3 Å². The number of nitrogens with zero attached hydrogens (tertiary/aromatic N) is 1. The number of hydrogen-bond donors (Lipinski definition) is 1. The molecule has 0 radical (unpaired) electrons. The second-order valence-corrected chi connectivity index (χ2v) is 5.82. The van der Waals surface area contributed by atoms with Crippen molar-refractivity contribution < 1.29 is 8.42 Å². The van der Waals surface area contributed by atoms with Crippen molar-refractivity contribution in [3.05, 3.63) is 28.8 Å². The van der Waals surface area contributed by atoms with Crippen molar-refractivity contribution >= 4 is 27.3 Å². The standard InChI is InChI=1S/C10H11ClN2O2S/c1-7-3-4-9(11)5-10(7)13-16(14,15)8(2)6-12/h3-5,8,13H,1-2H3. The fourth-order valence-electron chi connectivity index (χ4n) is 1.02. The Morgan fingerprint density at radius 1 is 1.50 bits per heavy atom. The summed E-state index contributed by atoms with van der Waals surface area (Å²) in [4.78, 5) is 0. The van der Waals surface area contributed by atoms with Gasteiger partial charge in [-0.2, -0.15) is 5.26 Å². The van der Waals surface area contributed by atoms with Gasteiger partial charge in [0.2, 0.25) is 10.0 Å². The third-order valence-corrected chi connectivity index (χ3v) is 3.87. The molecule has 16 heavy (non-hydrogen) atoms. The number of sulfonamides is 1. The van der Waals surface area contributed by atoms with E-state index in [0.717, 1.165) is 5.56 Å². The van der Waals surface area contributed by atoms with Crippen molar-refractivity contribution in [3.8, 4) is 6.07 Å². The molecule has 0 aromatic heterocycles. The van der Waals surface area contributed by atoms with Gasteiger partial charge < -0.3 is 0 Å². The number of hydrogen-bond acceptors (Lipinski definition) is 3. The lowest BCUT2D eigenvalue weighted by Gasteiger charge is -2.11. The first kappa shape index (κ1) is 12.8. The Morgan fingerprint density at radius 3 is 2.69 bits per heavy atom. The van der Waals surface area contributed by atoms with Crippen LogP contribution in [-0.2, 0) is 10.0 Å². The van der Waals surface area contributed by atoms with E-state index in [1.165, 1.54) is 13.0 Å². The lowest BCUT2D eigenvalue weighted by molar-refractivity contribution is 0.597. The molecule has 0 spiro atoms. The van der Waals surface area contributed by atoms with Gasteiger partial charge >= 0.3 is 0 Å². The summed E-state index contributed by atoms with van der Waals surface area (Å²) in [6, 6.07) is 6.56.